The van der Waals surface area contributed by atoms with Gasteiger partial charge >= 0.3 is 0 Å². The average molecular weight is 397 g/mol. The predicted molar refractivity (Wildman–Crippen MR) is 118 cm³/mol. The third kappa shape index (κ3) is 3.81. The summed E-state index contributed by atoms with van der Waals surface area (Å²) < 4.78 is 1.72. The van der Waals surface area contributed by atoms with Crippen LogP contribution in [0.5, 0.6) is 0 Å². The lowest BCUT2D eigenvalue weighted by atomic mass is 9.90. The summed E-state index contributed by atoms with van der Waals surface area (Å²) in [5.74, 6) is -0.343. The first-order chi connectivity index (χ1) is 14.6. The molecule has 0 unspecified atom stereocenters. The molecule has 30 heavy (non-hydrogen) atoms. The summed E-state index contributed by atoms with van der Waals surface area (Å²) in [7, 11) is 0. The van der Waals surface area contributed by atoms with E-state index in [1.54, 1.807) is 28.8 Å². The van der Waals surface area contributed by atoms with Crippen LogP contribution in [0.15, 0.2) is 78.8 Å². The fourth-order valence-electron chi connectivity index (χ4n) is 3.65. The van der Waals surface area contributed by atoms with Gasteiger partial charge in [-0.3, -0.25) is 9.59 Å². The quantitative estimate of drug-likeness (QED) is 0.597. The normalized spacial score (nSPS) is 13.4. The molecule has 1 aliphatic carbocycles. The van der Waals surface area contributed by atoms with Gasteiger partial charge in [-0.25, -0.2) is 0 Å². The largest absolute Gasteiger partial charge is 0.347 e. The molecule has 4 nitrogen and oxygen atoms in total. The number of carbonyl (C=O) groups excluding carboxylic acids is 2. The molecule has 0 saturated heterocycles. The molecule has 0 amide bonds. The molecule has 1 heterocycles. The summed E-state index contributed by atoms with van der Waals surface area (Å²) in [6, 6.07) is 18.9. The van der Waals surface area contributed by atoms with Crippen LogP contribution >= 0.6 is 0 Å². The van der Waals surface area contributed by atoms with Crippen LogP contribution in [-0.2, 0) is 6.42 Å². The number of rotatable bonds is 6. The lowest BCUT2D eigenvalue weighted by Crippen LogP contribution is -2.42. The number of ketones is 2. The molecular weight excluding hydrogens is 372 g/mol. The Balaban J connectivity index is 1.77. The second-order valence-electron chi connectivity index (χ2n) is 7.64. The zero-order valence-corrected chi connectivity index (χ0v) is 17.3. The van der Waals surface area contributed by atoms with E-state index in [1.807, 2.05) is 43.6 Å². The number of carbonyl (C=O) groups is 2. The van der Waals surface area contributed by atoms with Gasteiger partial charge < -0.3 is 5.32 Å². The van der Waals surface area contributed by atoms with Crippen LogP contribution in [0.3, 0.4) is 0 Å². The van der Waals surface area contributed by atoms with Crippen molar-refractivity contribution in [2.24, 2.45) is 0 Å². The number of nitrogens with zero attached hydrogens (tertiary/aromatic N) is 1. The first-order valence-electron chi connectivity index (χ1n) is 10.4. The molecule has 0 atom stereocenters. The van der Waals surface area contributed by atoms with Crippen LogP contribution in [-0.4, -0.2) is 11.6 Å². The highest BCUT2D eigenvalue weighted by molar-refractivity contribution is 6.36. The Morgan fingerprint density at radius 3 is 2.10 bits per heavy atom. The van der Waals surface area contributed by atoms with Crippen LogP contribution in [0.1, 0.15) is 51.6 Å². The Kier molecular flexibility index (Phi) is 5.57. The van der Waals surface area contributed by atoms with Crippen LogP contribution < -0.4 is 9.88 Å². The van der Waals surface area contributed by atoms with Gasteiger partial charge in [0.15, 0.2) is 18.1 Å². The van der Waals surface area contributed by atoms with E-state index in [0.29, 0.717) is 22.5 Å². The zero-order valence-electron chi connectivity index (χ0n) is 17.3. The Morgan fingerprint density at radius 2 is 1.47 bits per heavy atom. The van der Waals surface area contributed by atoms with Crippen LogP contribution in [0.25, 0.3) is 5.70 Å². The standard InChI is InChI=1S/C26H24N2O2/c1-3-4-7-19-10-12-20(13-11-19)27-23-24(28-16-14-18(2)15-17-28)26(30)22-9-6-5-8-21(22)25(23)29/h5-6,8-17H,3-4,7H2,1-2H3/p+1. The minimum atomic E-state index is -0.177. The minimum absolute atomic E-state index is 0.166. The number of nitrogens with one attached hydrogen (secondary N) is 1. The molecule has 0 fully saturated rings. The molecule has 3 aromatic rings. The first-order valence-corrected chi connectivity index (χ1v) is 10.4. The SMILES string of the molecule is CCCCc1ccc(NC2=C([n+]3ccc(C)cc3)C(=O)c3ccccc3C2=O)cc1. The Hall–Kier alpha value is -3.53. The number of aromatic nitrogens is 1. The van der Waals surface area contributed by atoms with Gasteiger partial charge in [-0.1, -0.05) is 49.7 Å². The number of fused-ring (bicyclic) bond motifs is 1. The Labute approximate surface area is 176 Å². The van der Waals surface area contributed by atoms with Crippen molar-refractivity contribution in [1.82, 2.24) is 0 Å². The highest BCUT2D eigenvalue weighted by Gasteiger charge is 2.38. The van der Waals surface area contributed by atoms with Crippen molar-refractivity contribution in [2.45, 2.75) is 33.1 Å². The summed E-state index contributed by atoms with van der Waals surface area (Å²) in [6.45, 7) is 4.16. The molecule has 0 aliphatic heterocycles. The summed E-state index contributed by atoms with van der Waals surface area (Å²) in [5, 5.41) is 3.24. The van der Waals surface area contributed by atoms with Gasteiger partial charge in [0, 0.05) is 28.9 Å². The Bertz CT molecular complexity index is 1130. The second-order valence-corrected chi connectivity index (χ2v) is 7.64. The van der Waals surface area contributed by atoms with E-state index in [-0.39, 0.29) is 11.6 Å². The topological polar surface area (TPSA) is 50.1 Å². The number of unbranched alkanes of at least 4 members (excludes halogenated alkanes) is 1. The lowest BCUT2D eigenvalue weighted by molar-refractivity contribution is -0.577. The van der Waals surface area contributed by atoms with Crippen LogP contribution in [0.2, 0.25) is 0 Å². The van der Waals surface area contributed by atoms with E-state index < -0.39 is 0 Å². The molecule has 2 aromatic carbocycles. The lowest BCUT2D eigenvalue weighted by Gasteiger charge is -2.18. The Morgan fingerprint density at radius 1 is 0.833 bits per heavy atom. The number of allylic oxidation sites excluding steroid dienone is 2. The van der Waals surface area contributed by atoms with Gasteiger partial charge in [-0.05, 0) is 43.0 Å². The number of Topliss-reactive ketones (excluding diaryl/α,β-unsaturated/α-hetero) is 2. The minimum Gasteiger partial charge on any atom is -0.347 e. The molecule has 0 radical (unpaired) electrons. The molecule has 0 saturated carbocycles. The highest BCUT2D eigenvalue weighted by Crippen LogP contribution is 2.27. The summed E-state index contributed by atoms with van der Waals surface area (Å²) in [5.41, 5.74) is 4.64. The van der Waals surface area contributed by atoms with Gasteiger partial charge in [0.25, 0.3) is 11.5 Å². The second kappa shape index (κ2) is 8.46. The summed E-state index contributed by atoms with van der Waals surface area (Å²) in [6.07, 6.45) is 6.98. The number of anilines is 1. The fourth-order valence-corrected chi connectivity index (χ4v) is 3.65. The number of hydrogen-bond donors (Lipinski definition) is 1. The third-order valence-corrected chi connectivity index (χ3v) is 5.39. The van der Waals surface area contributed by atoms with Crippen molar-refractivity contribution in [2.75, 3.05) is 5.32 Å². The monoisotopic (exact) mass is 397 g/mol. The van der Waals surface area contributed by atoms with Gasteiger partial charge in [0.05, 0.1) is 0 Å². The van der Waals surface area contributed by atoms with E-state index in [4.69, 9.17) is 0 Å². The molecule has 1 aromatic heterocycles. The summed E-state index contributed by atoms with van der Waals surface area (Å²) in [4.78, 5) is 26.7. The maximum absolute atomic E-state index is 13.3. The fraction of sp³-hybridized carbons (Fsp3) is 0.192. The smallest absolute Gasteiger partial charge is 0.286 e. The number of hydrogen-bond acceptors (Lipinski definition) is 3. The van der Waals surface area contributed by atoms with E-state index >= 15 is 0 Å². The van der Waals surface area contributed by atoms with Gasteiger partial charge in [-0.15, -0.1) is 0 Å². The maximum Gasteiger partial charge on any atom is 0.286 e. The number of benzene rings is 2. The molecule has 4 rings (SSSR count). The highest BCUT2D eigenvalue weighted by atomic mass is 16.1. The van der Waals surface area contributed by atoms with E-state index in [1.165, 1.54) is 5.56 Å². The van der Waals surface area contributed by atoms with Gasteiger partial charge in [0.2, 0.25) is 5.78 Å². The average Bonchev–Trinajstić information content (AvgIpc) is 2.78. The third-order valence-electron chi connectivity index (χ3n) is 5.39. The van der Waals surface area contributed by atoms with Crippen LogP contribution in [0, 0.1) is 6.92 Å². The van der Waals surface area contributed by atoms with Crippen molar-refractivity contribution in [3.8, 4) is 0 Å². The molecular formula is C26H25N2O2+. The van der Waals surface area contributed by atoms with E-state index in [9.17, 15) is 9.59 Å². The first kappa shape index (κ1) is 19.8. The number of aryl methyl sites for hydroxylation is 2. The van der Waals surface area contributed by atoms with Crippen molar-refractivity contribution in [1.29, 1.82) is 0 Å². The van der Waals surface area contributed by atoms with Crippen molar-refractivity contribution < 1.29 is 14.2 Å². The van der Waals surface area contributed by atoms with Crippen molar-refractivity contribution in [3.05, 3.63) is 101 Å². The molecule has 1 aliphatic rings. The van der Waals surface area contributed by atoms with Crippen molar-refractivity contribution in [3.63, 3.8) is 0 Å². The van der Waals surface area contributed by atoms with Gasteiger partial charge in [-0.2, -0.15) is 4.57 Å². The molecule has 4 heteroatoms. The predicted octanol–water partition coefficient (Wildman–Crippen LogP) is 4.99. The van der Waals surface area contributed by atoms with E-state index in [2.05, 4.69) is 24.4 Å². The number of pyridine rings is 1. The molecule has 0 bridgehead atoms. The molecule has 1 N–H and O–H groups in total. The van der Waals surface area contributed by atoms with Crippen molar-refractivity contribution >= 4 is 23.0 Å². The molecule has 150 valence electrons. The maximum atomic E-state index is 13.3. The summed E-state index contributed by atoms with van der Waals surface area (Å²) >= 11 is 0. The van der Waals surface area contributed by atoms with E-state index in [0.717, 1.165) is 30.5 Å². The van der Waals surface area contributed by atoms with Gasteiger partial charge in [0.1, 0.15) is 0 Å². The zero-order chi connectivity index (χ0) is 21.1. The van der Waals surface area contributed by atoms with Crippen LogP contribution in [0.4, 0.5) is 5.69 Å². The molecule has 0 spiro atoms.